The van der Waals surface area contributed by atoms with Crippen molar-refractivity contribution in [2.75, 3.05) is 19.1 Å². The van der Waals surface area contributed by atoms with E-state index < -0.39 is 6.10 Å². The first kappa shape index (κ1) is 14.9. The molecule has 0 aliphatic heterocycles. The van der Waals surface area contributed by atoms with Gasteiger partial charge >= 0.3 is 0 Å². The molecule has 0 aromatic carbocycles. The van der Waals surface area contributed by atoms with E-state index in [9.17, 15) is 9.90 Å². The third-order valence-corrected chi connectivity index (χ3v) is 3.80. The number of hydrogen-bond donors (Lipinski definition) is 1. The molecule has 1 fully saturated rings. The Bertz CT molecular complexity index is 243. The van der Waals surface area contributed by atoms with Crippen molar-refractivity contribution in [3.8, 4) is 0 Å². The SMILES string of the molecule is CC(C)C1CCC(=O)C(C(O)COCCCl)C1. The Labute approximate surface area is 108 Å². The second kappa shape index (κ2) is 7.34. The highest BCUT2D eigenvalue weighted by Crippen LogP contribution is 2.33. The predicted molar refractivity (Wildman–Crippen MR) is 68.2 cm³/mol. The smallest absolute Gasteiger partial charge is 0.138 e. The standard InChI is InChI=1S/C13H23ClO3/c1-9(2)10-3-4-12(15)11(7-10)13(16)8-17-6-5-14/h9-11,13,16H,3-8H2,1-2H3. The zero-order chi connectivity index (χ0) is 12.8. The van der Waals surface area contributed by atoms with Crippen LogP contribution in [0.4, 0.5) is 0 Å². The van der Waals surface area contributed by atoms with Crippen molar-refractivity contribution in [2.45, 2.75) is 39.2 Å². The van der Waals surface area contributed by atoms with E-state index in [1.165, 1.54) is 0 Å². The molecule has 0 aromatic rings. The average Bonchev–Trinajstić information content (AvgIpc) is 2.29. The normalized spacial score (nSPS) is 27.5. The summed E-state index contributed by atoms with van der Waals surface area (Å²) in [5.74, 6) is 1.47. The van der Waals surface area contributed by atoms with E-state index in [0.29, 0.717) is 30.7 Å². The van der Waals surface area contributed by atoms with E-state index in [4.69, 9.17) is 16.3 Å². The molecule has 3 unspecified atom stereocenters. The molecule has 0 heterocycles. The quantitative estimate of drug-likeness (QED) is 0.590. The Hall–Kier alpha value is -0.120. The zero-order valence-electron chi connectivity index (χ0n) is 10.7. The van der Waals surface area contributed by atoms with Gasteiger partial charge in [-0.15, -0.1) is 11.6 Å². The molecule has 0 bridgehead atoms. The monoisotopic (exact) mass is 262 g/mol. The molecule has 1 N–H and O–H groups in total. The summed E-state index contributed by atoms with van der Waals surface area (Å²) in [6.07, 6.45) is 1.68. The maximum atomic E-state index is 11.8. The Morgan fingerprint density at radius 3 is 2.82 bits per heavy atom. The van der Waals surface area contributed by atoms with Crippen LogP contribution < -0.4 is 0 Å². The fourth-order valence-electron chi connectivity index (χ4n) is 2.44. The number of aliphatic hydroxyl groups excluding tert-OH is 1. The van der Waals surface area contributed by atoms with Gasteiger partial charge in [-0.25, -0.2) is 0 Å². The number of ether oxygens (including phenoxy) is 1. The van der Waals surface area contributed by atoms with Crippen molar-refractivity contribution in [3.05, 3.63) is 0 Å². The fourth-order valence-corrected chi connectivity index (χ4v) is 2.55. The minimum atomic E-state index is -0.674. The Kier molecular flexibility index (Phi) is 6.45. The van der Waals surface area contributed by atoms with Gasteiger partial charge in [0.25, 0.3) is 0 Å². The van der Waals surface area contributed by atoms with Crippen molar-refractivity contribution in [1.82, 2.24) is 0 Å². The van der Waals surface area contributed by atoms with Crippen molar-refractivity contribution < 1.29 is 14.6 Å². The molecule has 0 spiro atoms. The maximum Gasteiger partial charge on any atom is 0.138 e. The molecule has 0 amide bonds. The van der Waals surface area contributed by atoms with Crippen LogP contribution in [0.2, 0.25) is 0 Å². The number of Topliss-reactive ketones (excluding diaryl/α,β-unsaturated/α-hetero) is 1. The van der Waals surface area contributed by atoms with Crippen molar-refractivity contribution in [2.24, 2.45) is 17.8 Å². The number of halogens is 1. The van der Waals surface area contributed by atoms with Gasteiger partial charge < -0.3 is 9.84 Å². The molecule has 4 heteroatoms. The van der Waals surface area contributed by atoms with Crippen LogP contribution in [0.15, 0.2) is 0 Å². The molecule has 1 aliphatic carbocycles. The molecule has 17 heavy (non-hydrogen) atoms. The number of ketones is 1. The average molecular weight is 263 g/mol. The molecule has 100 valence electrons. The summed E-state index contributed by atoms with van der Waals surface area (Å²) in [7, 11) is 0. The van der Waals surface area contributed by atoms with Crippen LogP contribution in [-0.2, 0) is 9.53 Å². The zero-order valence-corrected chi connectivity index (χ0v) is 11.4. The second-order valence-electron chi connectivity index (χ2n) is 5.18. The molecule has 1 rings (SSSR count). The predicted octanol–water partition coefficient (Wildman–Crippen LogP) is 2.24. The van der Waals surface area contributed by atoms with E-state index in [0.717, 1.165) is 12.8 Å². The second-order valence-corrected chi connectivity index (χ2v) is 5.56. The molecule has 1 saturated carbocycles. The molecule has 0 aromatic heterocycles. The van der Waals surface area contributed by atoms with Gasteiger partial charge in [-0.05, 0) is 24.7 Å². The minimum absolute atomic E-state index is 0.184. The molecule has 3 atom stereocenters. The fraction of sp³-hybridized carbons (Fsp3) is 0.923. The lowest BCUT2D eigenvalue weighted by atomic mass is 9.73. The first-order valence-corrected chi connectivity index (χ1v) is 6.94. The summed E-state index contributed by atoms with van der Waals surface area (Å²) < 4.78 is 5.21. The van der Waals surface area contributed by atoms with Crippen LogP contribution in [0.5, 0.6) is 0 Å². The van der Waals surface area contributed by atoms with E-state index in [1.54, 1.807) is 0 Å². The number of carbonyl (C=O) groups is 1. The molecular weight excluding hydrogens is 240 g/mol. The Morgan fingerprint density at radius 1 is 1.53 bits per heavy atom. The topological polar surface area (TPSA) is 46.5 Å². The number of carbonyl (C=O) groups excluding carboxylic acids is 1. The largest absolute Gasteiger partial charge is 0.390 e. The Balaban J connectivity index is 2.45. The van der Waals surface area contributed by atoms with Gasteiger partial charge in [-0.1, -0.05) is 13.8 Å². The molecule has 0 saturated heterocycles. The van der Waals surface area contributed by atoms with Gasteiger partial charge in [-0.2, -0.15) is 0 Å². The summed E-state index contributed by atoms with van der Waals surface area (Å²) in [5, 5.41) is 9.98. The van der Waals surface area contributed by atoms with Gasteiger partial charge in [0.1, 0.15) is 5.78 Å². The first-order chi connectivity index (χ1) is 8.06. The summed E-state index contributed by atoms with van der Waals surface area (Å²) in [5.41, 5.74) is 0. The Morgan fingerprint density at radius 2 is 2.24 bits per heavy atom. The maximum absolute atomic E-state index is 11.8. The first-order valence-electron chi connectivity index (χ1n) is 6.40. The molecule has 0 radical (unpaired) electrons. The van der Waals surface area contributed by atoms with Gasteiger partial charge in [0.2, 0.25) is 0 Å². The van der Waals surface area contributed by atoms with Crippen LogP contribution in [0.3, 0.4) is 0 Å². The van der Waals surface area contributed by atoms with E-state index in [1.807, 2.05) is 0 Å². The summed E-state index contributed by atoms with van der Waals surface area (Å²) in [6, 6.07) is 0. The third kappa shape index (κ3) is 4.57. The third-order valence-electron chi connectivity index (χ3n) is 3.65. The summed E-state index contributed by atoms with van der Waals surface area (Å²) in [4.78, 5) is 11.8. The highest BCUT2D eigenvalue weighted by Gasteiger charge is 2.34. The van der Waals surface area contributed by atoms with Crippen LogP contribution in [0.25, 0.3) is 0 Å². The van der Waals surface area contributed by atoms with E-state index >= 15 is 0 Å². The lowest BCUT2D eigenvalue weighted by Crippen LogP contribution is -2.38. The molecule has 1 aliphatic rings. The molecule has 3 nitrogen and oxygen atoms in total. The number of aliphatic hydroxyl groups is 1. The van der Waals surface area contributed by atoms with Gasteiger partial charge in [0, 0.05) is 18.2 Å². The number of alkyl halides is 1. The van der Waals surface area contributed by atoms with Gasteiger partial charge in [-0.3, -0.25) is 4.79 Å². The van der Waals surface area contributed by atoms with Crippen LogP contribution in [0, 0.1) is 17.8 Å². The lowest BCUT2D eigenvalue weighted by molar-refractivity contribution is -0.132. The summed E-state index contributed by atoms with van der Waals surface area (Å²) >= 11 is 5.49. The van der Waals surface area contributed by atoms with Crippen molar-refractivity contribution in [3.63, 3.8) is 0 Å². The van der Waals surface area contributed by atoms with Crippen LogP contribution in [-0.4, -0.2) is 36.1 Å². The van der Waals surface area contributed by atoms with E-state index in [2.05, 4.69) is 13.8 Å². The van der Waals surface area contributed by atoms with Crippen molar-refractivity contribution >= 4 is 17.4 Å². The number of rotatable bonds is 6. The van der Waals surface area contributed by atoms with Gasteiger partial charge in [0.05, 0.1) is 19.3 Å². The summed E-state index contributed by atoms with van der Waals surface area (Å²) in [6.45, 7) is 4.99. The highest BCUT2D eigenvalue weighted by molar-refractivity contribution is 6.17. The highest BCUT2D eigenvalue weighted by atomic mass is 35.5. The van der Waals surface area contributed by atoms with Gasteiger partial charge in [0.15, 0.2) is 0 Å². The van der Waals surface area contributed by atoms with Crippen LogP contribution in [0.1, 0.15) is 33.1 Å². The van der Waals surface area contributed by atoms with Crippen LogP contribution >= 0.6 is 11.6 Å². The van der Waals surface area contributed by atoms with E-state index in [-0.39, 0.29) is 18.3 Å². The van der Waals surface area contributed by atoms with Crippen molar-refractivity contribution in [1.29, 1.82) is 0 Å². The minimum Gasteiger partial charge on any atom is -0.390 e. The lowest BCUT2D eigenvalue weighted by Gasteiger charge is -2.33. The molecular formula is C13H23ClO3. The number of hydrogen-bond acceptors (Lipinski definition) is 3.